The number of hydrogen-bond donors (Lipinski definition) is 1. The number of nitrogens with zero attached hydrogens (tertiary/aromatic N) is 3. The van der Waals surface area contributed by atoms with Crippen LogP contribution in [0.3, 0.4) is 0 Å². The molecule has 0 saturated carbocycles. The molecule has 1 N–H and O–H groups in total. The molecule has 2 aromatic heterocycles. The molecular weight excluding hydrogens is 354 g/mol. The molecular formula is C14H8F6N4O. The maximum atomic E-state index is 12.8. The molecule has 1 aromatic carbocycles. The third kappa shape index (κ3) is 3.35. The lowest BCUT2D eigenvalue weighted by Gasteiger charge is -2.11. The summed E-state index contributed by atoms with van der Waals surface area (Å²) >= 11 is 0. The molecule has 0 amide bonds. The van der Waals surface area contributed by atoms with E-state index in [1.54, 1.807) is 0 Å². The molecule has 0 unspecified atom stereocenters. The van der Waals surface area contributed by atoms with Gasteiger partial charge in [0.25, 0.3) is 5.56 Å². The Morgan fingerprint density at radius 2 is 1.64 bits per heavy atom. The van der Waals surface area contributed by atoms with E-state index in [0.29, 0.717) is 4.68 Å². The first-order chi connectivity index (χ1) is 11.6. The minimum atomic E-state index is -4.64. The van der Waals surface area contributed by atoms with Crippen LogP contribution in [0.1, 0.15) is 5.56 Å². The van der Waals surface area contributed by atoms with E-state index in [-0.39, 0.29) is 22.3 Å². The van der Waals surface area contributed by atoms with Gasteiger partial charge in [-0.3, -0.25) is 9.48 Å². The standard InChI is InChI=1S/C14H8F6N4O/c15-13(16,17)5-24-11(9-10(23-24)12(25)22-6-21-9)7-1-3-8(4-2-7)14(18,19)20/h1-4,6H,5H2,(H,21,22,25). The van der Waals surface area contributed by atoms with E-state index in [4.69, 9.17) is 0 Å². The van der Waals surface area contributed by atoms with Gasteiger partial charge in [0.1, 0.15) is 12.1 Å². The van der Waals surface area contributed by atoms with Gasteiger partial charge in [-0.2, -0.15) is 31.4 Å². The predicted molar refractivity (Wildman–Crippen MR) is 74.6 cm³/mol. The van der Waals surface area contributed by atoms with Gasteiger partial charge in [0.05, 0.1) is 17.6 Å². The molecule has 0 aliphatic carbocycles. The van der Waals surface area contributed by atoms with Crippen LogP contribution in [-0.2, 0) is 12.7 Å². The topological polar surface area (TPSA) is 63.6 Å². The highest BCUT2D eigenvalue weighted by molar-refractivity contribution is 5.89. The van der Waals surface area contributed by atoms with Crippen LogP contribution in [0.2, 0.25) is 0 Å². The molecule has 0 spiro atoms. The number of alkyl halides is 6. The zero-order chi connectivity index (χ0) is 18.4. The van der Waals surface area contributed by atoms with Crippen molar-refractivity contribution in [1.82, 2.24) is 19.7 Å². The smallest absolute Gasteiger partial charge is 0.311 e. The molecule has 0 radical (unpaired) electrons. The van der Waals surface area contributed by atoms with Crippen molar-refractivity contribution in [3.63, 3.8) is 0 Å². The number of aromatic nitrogens is 4. The van der Waals surface area contributed by atoms with Gasteiger partial charge in [-0.05, 0) is 12.1 Å². The van der Waals surface area contributed by atoms with Crippen molar-refractivity contribution in [2.45, 2.75) is 18.9 Å². The second-order valence-electron chi connectivity index (χ2n) is 5.13. The lowest BCUT2D eigenvalue weighted by Crippen LogP contribution is -2.19. The summed E-state index contributed by atoms with van der Waals surface area (Å²) in [4.78, 5) is 17.7. The first kappa shape index (κ1) is 17.0. The van der Waals surface area contributed by atoms with Crippen LogP contribution >= 0.6 is 0 Å². The van der Waals surface area contributed by atoms with E-state index >= 15 is 0 Å². The van der Waals surface area contributed by atoms with Crippen molar-refractivity contribution in [2.24, 2.45) is 0 Å². The quantitative estimate of drug-likeness (QED) is 0.711. The second-order valence-corrected chi connectivity index (χ2v) is 5.13. The van der Waals surface area contributed by atoms with Gasteiger partial charge < -0.3 is 4.98 Å². The summed E-state index contributed by atoms with van der Waals surface area (Å²) in [7, 11) is 0. The molecule has 11 heteroatoms. The number of aromatic amines is 1. The molecule has 0 aliphatic rings. The number of halogens is 6. The zero-order valence-corrected chi connectivity index (χ0v) is 12.1. The molecule has 0 saturated heterocycles. The lowest BCUT2D eigenvalue weighted by atomic mass is 10.1. The summed E-state index contributed by atoms with van der Waals surface area (Å²) < 4.78 is 76.8. The fourth-order valence-corrected chi connectivity index (χ4v) is 2.34. The number of benzene rings is 1. The van der Waals surface area contributed by atoms with Crippen LogP contribution in [0.15, 0.2) is 35.4 Å². The van der Waals surface area contributed by atoms with Crippen LogP contribution in [0.4, 0.5) is 26.3 Å². The number of rotatable bonds is 2. The molecule has 5 nitrogen and oxygen atoms in total. The highest BCUT2D eigenvalue weighted by Crippen LogP contribution is 2.33. The van der Waals surface area contributed by atoms with E-state index in [2.05, 4.69) is 15.1 Å². The summed E-state index contributed by atoms with van der Waals surface area (Å²) in [6, 6.07) is 3.49. The monoisotopic (exact) mass is 362 g/mol. The van der Waals surface area contributed by atoms with Gasteiger partial charge in [-0.25, -0.2) is 4.98 Å². The van der Waals surface area contributed by atoms with Crippen LogP contribution in [0, 0.1) is 0 Å². The van der Waals surface area contributed by atoms with Crippen LogP contribution in [0.25, 0.3) is 22.3 Å². The van der Waals surface area contributed by atoms with Crippen molar-refractivity contribution in [2.75, 3.05) is 0 Å². The Balaban J connectivity index is 2.21. The van der Waals surface area contributed by atoms with E-state index in [9.17, 15) is 31.1 Å². The molecule has 132 valence electrons. The molecule has 3 aromatic rings. The molecule has 0 atom stereocenters. The Morgan fingerprint density at radius 3 is 2.20 bits per heavy atom. The van der Waals surface area contributed by atoms with Crippen molar-refractivity contribution >= 4 is 11.0 Å². The Labute approximate surface area is 134 Å². The van der Waals surface area contributed by atoms with Gasteiger partial charge in [0.15, 0.2) is 5.52 Å². The number of H-pyrrole nitrogens is 1. The van der Waals surface area contributed by atoms with E-state index in [1.807, 2.05) is 0 Å². The SMILES string of the molecule is O=c1[nH]cnc2c(-c3ccc(C(F)(F)F)cc3)n(CC(F)(F)F)nc12. The number of fused-ring (bicyclic) bond motifs is 1. The van der Waals surface area contributed by atoms with Gasteiger partial charge in [-0.15, -0.1) is 0 Å². The molecule has 0 aliphatic heterocycles. The Kier molecular flexibility index (Phi) is 3.81. The third-order valence-corrected chi connectivity index (χ3v) is 3.35. The van der Waals surface area contributed by atoms with Crippen molar-refractivity contribution in [3.05, 3.63) is 46.5 Å². The van der Waals surface area contributed by atoms with Crippen molar-refractivity contribution < 1.29 is 26.3 Å². The fraction of sp³-hybridized carbons (Fsp3) is 0.214. The summed E-state index contributed by atoms with van der Waals surface area (Å²) in [5.74, 6) is 0. The molecule has 0 fully saturated rings. The van der Waals surface area contributed by atoms with Gasteiger partial charge >= 0.3 is 12.4 Å². The fourth-order valence-electron chi connectivity index (χ4n) is 2.34. The Hall–Kier alpha value is -2.85. The van der Waals surface area contributed by atoms with Crippen LogP contribution < -0.4 is 5.56 Å². The summed E-state index contributed by atoms with van der Waals surface area (Å²) in [5, 5.41) is 3.61. The molecule has 0 bridgehead atoms. The van der Waals surface area contributed by atoms with Crippen molar-refractivity contribution in [3.8, 4) is 11.3 Å². The molecule has 2 heterocycles. The highest BCUT2D eigenvalue weighted by atomic mass is 19.4. The normalized spacial score (nSPS) is 12.7. The average Bonchev–Trinajstić information content (AvgIpc) is 2.84. The second kappa shape index (κ2) is 5.60. The van der Waals surface area contributed by atoms with Gasteiger partial charge in [0, 0.05) is 5.56 Å². The first-order valence-corrected chi connectivity index (χ1v) is 6.75. The Bertz CT molecular complexity index is 968. The van der Waals surface area contributed by atoms with Crippen LogP contribution in [0.5, 0.6) is 0 Å². The maximum absolute atomic E-state index is 12.8. The minimum Gasteiger partial charge on any atom is -0.311 e. The minimum absolute atomic E-state index is 0.0258. The summed E-state index contributed by atoms with van der Waals surface area (Å²) in [5.41, 5.74) is -2.33. The van der Waals surface area contributed by atoms with E-state index in [0.717, 1.165) is 30.6 Å². The van der Waals surface area contributed by atoms with E-state index in [1.165, 1.54) is 0 Å². The molecule has 25 heavy (non-hydrogen) atoms. The summed E-state index contributed by atoms with van der Waals surface area (Å²) in [6.45, 7) is -1.51. The first-order valence-electron chi connectivity index (χ1n) is 6.75. The predicted octanol–water partition coefficient (Wildman–Crippen LogP) is 3.37. The number of hydrogen-bond acceptors (Lipinski definition) is 3. The maximum Gasteiger partial charge on any atom is 0.416 e. The molecule has 3 rings (SSSR count). The lowest BCUT2D eigenvalue weighted by molar-refractivity contribution is -0.142. The average molecular weight is 362 g/mol. The van der Waals surface area contributed by atoms with Gasteiger partial charge in [0.2, 0.25) is 0 Å². The Morgan fingerprint density at radius 1 is 1.00 bits per heavy atom. The largest absolute Gasteiger partial charge is 0.416 e. The summed E-state index contributed by atoms with van der Waals surface area (Å²) in [6.07, 6.45) is -8.24. The van der Waals surface area contributed by atoms with Crippen molar-refractivity contribution in [1.29, 1.82) is 0 Å². The third-order valence-electron chi connectivity index (χ3n) is 3.35. The van der Waals surface area contributed by atoms with E-state index < -0.39 is 30.0 Å². The number of nitrogens with one attached hydrogen (secondary N) is 1. The zero-order valence-electron chi connectivity index (χ0n) is 12.1. The van der Waals surface area contributed by atoms with Gasteiger partial charge in [-0.1, -0.05) is 12.1 Å². The highest BCUT2D eigenvalue weighted by Gasteiger charge is 2.32. The van der Waals surface area contributed by atoms with Crippen LogP contribution in [-0.4, -0.2) is 25.9 Å².